The molecule has 0 aromatic heterocycles. The summed E-state index contributed by atoms with van der Waals surface area (Å²) in [4.78, 5) is 12.8. The number of ether oxygens (including phenoxy) is 1. The number of nitrogens with one attached hydrogen (secondary N) is 1. The largest absolute Gasteiger partial charge is 0.381 e. The fraction of sp³-hybridized carbons (Fsp3) is 0.381. The van der Waals surface area contributed by atoms with Crippen molar-refractivity contribution in [2.24, 2.45) is 5.73 Å². The molecule has 1 saturated heterocycles. The van der Waals surface area contributed by atoms with Crippen molar-refractivity contribution in [1.82, 2.24) is 5.32 Å². The Morgan fingerprint density at radius 3 is 2.33 bits per heavy atom. The van der Waals surface area contributed by atoms with E-state index < -0.39 is 5.54 Å². The molecule has 1 heterocycles. The summed E-state index contributed by atoms with van der Waals surface area (Å²) in [5.74, 6) is -0.177. The number of hydrogen-bond donors (Lipinski definition) is 2. The molecule has 0 spiro atoms. The summed E-state index contributed by atoms with van der Waals surface area (Å²) < 4.78 is 5.55. The summed E-state index contributed by atoms with van der Waals surface area (Å²) in [5, 5.41) is 3.80. The van der Waals surface area contributed by atoms with Crippen LogP contribution in [-0.2, 0) is 20.5 Å². The molecule has 3 N–H and O–H groups in total. The highest BCUT2D eigenvalue weighted by Crippen LogP contribution is 2.35. The number of carbonyl (C=O) groups excluding carboxylic acids is 1. The molecule has 2 aromatic rings. The molecule has 0 radical (unpaired) electrons. The summed E-state index contributed by atoms with van der Waals surface area (Å²) in [5.41, 5.74) is 7.07. The molecule has 6 heteroatoms. The monoisotopic (exact) mass is 408 g/mol. The predicted molar refractivity (Wildman–Crippen MR) is 111 cm³/mol. The van der Waals surface area contributed by atoms with Gasteiger partial charge in [0.25, 0.3) is 0 Å². The lowest BCUT2D eigenvalue weighted by Crippen LogP contribution is -2.53. The highest BCUT2D eigenvalue weighted by Gasteiger charge is 2.37. The Labute approximate surface area is 171 Å². The number of benzene rings is 2. The second-order valence-electron chi connectivity index (χ2n) is 7.15. The van der Waals surface area contributed by atoms with Gasteiger partial charge in [-0.05, 0) is 43.0 Å². The Morgan fingerprint density at radius 1 is 1.15 bits per heavy atom. The normalized spacial score (nSPS) is 18.0. The molecule has 2 aromatic carbocycles. The molecule has 4 nitrogen and oxygen atoms in total. The number of hydrogen-bond acceptors (Lipinski definition) is 3. The van der Waals surface area contributed by atoms with Crippen LogP contribution in [0, 0.1) is 0 Å². The second-order valence-corrected chi connectivity index (χ2v) is 7.59. The standard InChI is InChI=1S/C21H25ClN2O2.ClH/c1-20(23,16-5-3-2-4-6-16)19(25)24-15-21(11-13-26-14-12-21)17-7-9-18(22)10-8-17;/h2-10H,11-15,23H2,1H3,(H,24,25);1H. The quantitative estimate of drug-likeness (QED) is 0.790. The van der Waals surface area contributed by atoms with Gasteiger partial charge in [-0.2, -0.15) is 0 Å². The fourth-order valence-corrected chi connectivity index (χ4v) is 3.61. The Bertz CT molecular complexity index is 743. The van der Waals surface area contributed by atoms with Crippen LogP contribution in [0.1, 0.15) is 30.9 Å². The summed E-state index contributed by atoms with van der Waals surface area (Å²) in [6.07, 6.45) is 1.70. The van der Waals surface area contributed by atoms with Crippen LogP contribution in [0.15, 0.2) is 54.6 Å². The van der Waals surface area contributed by atoms with Crippen LogP contribution in [-0.4, -0.2) is 25.7 Å². The molecule has 0 bridgehead atoms. The van der Waals surface area contributed by atoms with E-state index in [1.807, 2.05) is 54.6 Å². The minimum Gasteiger partial charge on any atom is -0.381 e. The van der Waals surface area contributed by atoms with Gasteiger partial charge in [0.05, 0.1) is 0 Å². The molecule has 3 rings (SSSR count). The van der Waals surface area contributed by atoms with Gasteiger partial charge >= 0.3 is 0 Å². The first kappa shape index (κ1) is 21.7. The molecule has 0 aliphatic carbocycles. The Hall–Kier alpha value is -1.59. The molecule has 27 heavy (non-hydrogen) atoms. The van der Waals surface area contributed by atoms with Crippen LogP contribution in [0.25, 0.3) is 0 Å². The zero-order valence-electron chi connectivity index (χ0n) is 15.4. The fourth-order valence-electron chi connectivity index (χ4n) is 3.48. The average Bonchev–Trinajstić information content (AvgIpc) is 2.68. The van der Waals surface area contributed by atoms with Gasteiger partial charge in [0, 0.05) is 30.2 Å². The van der Waals surface area contributed by atoms with Gasteiger partial charge < -0.3 is 15.8 Å². The lowest BCUT2D eigenvalue weighted by Gasteiger charge is -2.39. The van der Waals surface area contributed by atoms with Gasteiger partial charge in [0.15, 0.2) is 0 Å². The maximum absolute atomic E-state index is 12.8. The molecule has 146 valence electrons. The van der Waals surface area contributed by atoms with Gasteiger partial charge in [-0.25, -0.2) is 0 Å². The molecular formula is C21H26Cl2N2O2. The molecular weight excluding hydrogens is 383 g/mol. The van der Waals surface area contributed by atoms with Gasteiger partial charge in [-0.15, -0.1) is 12.4 Å². The van der Waals surface area contributed by atoms with E-state index in [1.165, 1.54) is 5.56 Å². The first-order valence-electron chi connectivity index (χ1n) is 8.91. The molecule has 1 aliphatic heterocycles. The van der Waals surface area contributed by atoms with Crippen LogP contribution in [0.5, 0.6) is 0 Å². The number of nitrogens with two attached hydrogens (primary N) is 1. The average molecular weight is 409 g/mol. The summed E-state index contributed by atoms with van der Waals surface area (Å²) in [6.45, 7) is 3.63. The van der Waals surface area contributed by atoms with E-state index in [0.29, 0.717) is 24.8 Å². The van der Waals surface area contributed by atoms with Crippen molar-refractivity contribution < 1.29 is 9.53 Å². The Kier molecular flexibility index (Phi) is 7.29. The van der Waals surface area contributed by atoms with E-state index in [9.17, 15) is 4.79 Å². The smallest absolute Gasteiger partial charge is 0.244 e. The third-order valence-electron chi connectivity index (χ3n) is 5.34. The summed E-state index contributed by atoms with van der Waals surface area (Å²) in [7, 11) is 0. The SMILES string of the molecule is CC(N)(C(=O)NCC1(c2ccc(Cl)cc2)CCOCC1)c1ccccc1.Cl. The topological polar surface area (TPSA) is 64.4 Å². The highest BCUT2D eigenvalue weighted by atomic mass is 35.5. The minimum absolute atomic E-state index is 0. The van der Waals surface area contributed by atoms with Crippen LogP contribution < -0.4 is 11.1 Å². The van der Waals surface area contributed by atoms with Crippen molar-refractivity contribution in [1.29, 1.82) is 0 Å². The van der Waals surface area contributed by atoms with E-state index in [0.717, 1.165) is 18.4 Å². The molecule has 1 unspecified atom stereocenters. The molecule has 0 saturated carbocycles. The second kappa shape index (κ2) is 9.07. The maximum Gasteiger partial charge on any atom is 0.244 e. The third-order valence-corrected chi connectivity index (χ3v) is 5.59. The Balaban J connectivity index is 0.00000261. The maximum atomic E-state index is 12.8. The van der Waals surface area contributed by atoms with Gasteiger partial charge in [0.1, 0.15) is 5.54 Å². The van der Waals surface area contributed by atoms with E-state index >= 15 is 0 Å². The van der Waals surface area contributed by atoms with Gasteiger partial charge in [-0.1, -0.05) is 54.1 Å². The van der Waals surface area contributed by atoms with Crippen LogP contribution >= 0.6 is 24.0 Å². The lowest BCUT2D eigenvalue weighted by molar-refractivity contribution is -0.126. The van der Waals surface area contributed by atoms with Crippen molar-refractivity contribution >= 4 is 29.9 Å². The van der Waals surface area contributed by atoms with Crippen molar-refractivity contribution in [2.45, 2.75) is 30.7 Å². The summed E-state index contributed by atoms with van der Waals surface area (Å²) in [6, 6.07) is 17.3. The van der Waals surface area contributed by atoms with E-state index in [-0.39, 0.29) is 23.7 Å². The van der Waals surface area contributed by atoms with Crippen molar-refractivity contribution in [3.63, 3.8) is 0 Å². The number of rotatable bonds is 5. The summed E-state index contributed by atoms with van der Waals surface area (Å²) >= 11 is 6.04. The van der Waals surface area contributed by atoms with Crippen LogP contribution in [0.4, 0.5) is 0 Å². The lowest BCUT2D eigenvalue weighted by atomic mass is 9.74. The first-order chi connectivity index (χ1) is 12.4. The van der Waals surface area contributed by atoms with Crippen molar-refractivity contribution in [2.75, 3.05) is 19.8 Å². The molecule has 1 aliphatic rings. The highest BCUT2D eigenvalue weighted by molar-refractivity contribution is 6.30. The third kappa shape index (κ3) is 4.82. The molecule has 1 fully saturated rings. The van der Waals surface area contributed by atoms with Gasteiger partial charge in [-0.3, -0.25) is 4.79 Å². The van der Waals surface area contributed by atoms with E-state index in [1.54, 1.807) is 6.92 Å². The number of amides is 1. The zero-order chi connectivity index (χ0) is 18.6. The molecule has 1 atom stereocenters. The molecule has 1 amide bonds. The van der Waals surface area contributed by atoms with Gasteiger partial charge in [0.2, 0.25) is 5.91 Å². The van der Waals surface area contributed by atoms with Crippen LogP contribution in [0.2, 0.25) is 5.02 Å². The minimum atomic E-state index is -1.08. The number of halogens is 2. The van der Waals surface area contributed by atoms with Crippen LogP contribution in [0.3, 0.4) is 0 Å². The number of carbonyl (C=O) groups is 1. The first-order valence-corrected chi connectivity index (χ1v) is 9.28. The van der Waals surface area contributed by atoms with Crippen molar-refractivity contribution in [3.05, 3.63) is 70.7 Å². The van der Waals surface area contributed by atoms with E-state index in [4.69, 9.17) is 22.1 Å². The Morgan fingerprint density at radius 2 is 1.74 bits per heavy atom. The zero-order valence-corrected chi connectivity index (χ0v) is 17.0. The predicted octanol–water partition coefficient (Wildman–Crippen LogP) is 3.80. The van der Waals surface area contributed by atoms with Crippen molar-refractivity contribution in [3.8, 4) is 0 Å². The van der Waals surface area contributed by atoms with E-state index in [2.05, 4.69) is 5.32 Å².